The van der Waals surface area contributed by atoms with Crippen molar-refractivity contribution in [3.05, 3.63) is 100 Å². The third-order valence-corrected chi connectivity index (χ3v) is 5.35. The van der Waals surface area contributed by atoms with E-state index in [-0.39, 0.29) is 11.9 Å². The highest BCUT2D eigenvalue weighted by molar-refractivity contribution is 6.30. The highest BCUT2D eigenvalue weighted by atomic mass is 35.5. The van der Waals surface area contributed by atoms with Crippen LogP contribution in [0.2, 0.25) is 5.02 Å². The minimum Gasteiger partial charge on any atom is -0.352 e. The molecule has 0 fully saturated rings. The molecule has 0 atom stereocenters. The van der Waals surface area contributed by atoms with Gasteiger partial charge in [0.05, 0.1) is 0 Å². The summed E-state index contributed by atoms with van der Waals surface area (Å²) in [7, 11) is 0. The molecular formula is C24H22ClN3O2. The second-order valence-electron chi connectivity index (χ2n) is 7.27. The van der Waals surface area contributed by atoms with Crippen LogP contribution in [0.1, 0.15) is 27.0 Å². The van der Waals surface area contributed by atoms with E-state index in [0.29, 0.717) is 42.3 Å². The van der Waals surface area contributed by atoms with Crippen molar-refractivity contribution in [3.63, 3.8) is 0 Å². The predicted octanol–water partition coefficient (Wildman–Crippen LogP) is 4.86. The summed E-state index contributed by atoms with van der Waals surface area (Å²) in [6.45, 7) is 1.73. The molecule has 0 unspecified atom stereocenters. The Balaban J connectivity index is 1.27. The molecule has 3 amide bonds. The minimum atomic E-state index is -0.148. The largest absolute Gasteiger partial charge is 0.352 e. The average molecular weight is 420 g/mol. The molecule has 4 rings (SSSR count). The zero-order chi connectivity index (χ0) is 20.9. The Labute approximate surface area is 180 Å². The van der Waals surface area contributed by atoms with Crippen LogP contribution in [0.25, 0.3) is 0 Å². The number of benzene rings is 3. The van der Waals surface area contributed by atoms with Gasteiger partial charge in [-0.2, -0.15) is 0 Å². The molecule has 1 aliphatic rings. The number of rotatable bonds is 5. The molecule has 30 heavy (non-hydrogen) atoms. The Kier molecular flexibility index (Phi) is 6.00. The molecule has 0 aromatic heterocycles. The van der Waals surface area contributed by atoms with Crippen molar-refractivity contribution in [1.82, 2.24) is 10.2 Å². The lowest BCUT2D eigenvalue weighted by atomic mass is 10.1. The van der Waals surface area contributed by atoms with Gasteiger partial charge in [0.1, 0.15) is 0 Å². The molecule has 5 nitrogen and oxygen atoms in total. The second kappa shape index (κ2) is 9.01. The van der Waals surface area contributed by atoms with Crippen LogP contribution in [0.15, 0.2) is 72.8 Å². The number of nitrogens with zero attached hydrogens (tertiary/aromatic N) is 1. The van der Waals surface area contributed by atoms with E-state index in [2.05, 4.69) is 10.6 Å². The smallest absolute Gasteiger partial charge is 0.322 e. The Morgan fingerprint density at radius 3 is 2.27 bits per heavy atom. The lowest BCUT2D eigenvalue weighted by Crippen LogP contribution is -2.30. The second-order valence-corrected chi connectivity index (χ2v) is 7.70. The van der Waals surface area contributed by atoms with E-state index >= 15 is 0 Å². The molecule has 6 heteroatoms. The molecule has 0 saturated heterocycles. The molecule has 3 aromatic carbocycles. The summed E-state index contributed by atoms with van der Waals surface area (Å²) < 4.78 is 0. The van der Waals surface area contributed by atoms with E-state index in [0.717, 1.165) is 5.56 Å². The number of fused-ring (bicyclic) bond motifs is 1. The van der Waals surface area contributed by atoms with Gasteiger partial charge in [0.15, 0.2) is 0 Å². The SMILES string of the molecule is O=C(NCCc1cccc(Cl)c1)c1ccc(NC(=O)N2Cc3ccccc3C2)cc1. The maximum absolute atomic E-state index is 12.5. The Hall–Kier alpha value is -3.31. The minimum absolute atomic E-state index is 0.148. The summed E-state index contributed by atoms with van der Waals surface area (Å²) >= 11 is 5.98. The van der Waals surface area contributed by atoms with E-state index in [1.165, 1.54) is 11.1 Å². The predicted molar refractivity (Wildman–Crippen MR) is 119 cm³/mol. The van der Waals surface area contributed by atoms with Gasteiger partial charge >= 0.3 is 6.03 Å². The number of hydrogen-bond acceptors (Lipinski definition) is 2. The fraction of sp³-hybridized carbons (Fsp3) is 0.167. The van der Waals surface area contributed by atoms with Gasteiger partial charge in [0.25, 0.3) is 5.91 Å². The van der Waals surface area contributed by atoms with Crippen LogP contribution in [-0.4, -0.2) is 23.4 Å². The van der Waals surface area contributed by atoms with Crippen molar-refractivity contribution in [2.45, 2.75) is 19.5 Å². The van der Waals surface area contributed by atoms with Crippen molar-refractivity contribution in [2.24, 2.45) is 0 Å². The van der Waals surface area contributed by atoms with Crippen molar-refractivity contribution < 1.29 is 9.59 Å². The molecule has 2 N–H and O–H groups in total. The third-order valence-electron chi connectivity index (χ3n) is 5.11. The zero-order valence-electron chi connectivity index (χ0n) is 16.4. The molecule has 0 saturated carbocycles. The van der Waals surface area contributed by atoms with Gasteiger partial charge in [-0.1, -0.05) is 48.0 Å². The van der Waals surface area contributed by atoms with E-state index in [1.807, 2.05) is 48.5 Å². The summed E-state index contributed by atoms with van der Waals surface area (Å²) in [4.78, 5) is 26.6. The molecule has 152 valence electrons. The van der Waals surface area contributed by atoms with Crippen LogP contribution in [0, 0.1) is 0 Å². The Morgan fingerprint density at radius 2 is 1.60 bits per heavy atom. The topological polar surface area (TPSA) is 61.4 Å². The number of hydrogen-bond donors (Lipinski definition) is 2. The molecule has 3 aromatic rings. The molecule has 0 aliphatic carbocycles. The zero-order valence-corrected chi connectivity index (χ0v) is 17.2. The van der Waals surface area contributed by atoms with E-state index in [4.69, 9.17) is 11.6 Å². The first-order valence-corrected chi connectivity index (χ1v) is 10.2. The highest BCUT2D eigenvalue weighted by Crippen LogP contribution is 2.23. The van der Waals surface area contributed by atoms with Crippen LogP contribution in [0.5, 0.6) is 0 Å². The summed E-state index contributed by atoms with van der Waals surface area (Å²) in [5, 5.41) is 6.49. The molecule has 0 radical (unpaired) electrons. The van der Waals surface area contributed by atoms with Gasteiger partial charge in [-0.25, -0.2) is 4.79 Å². The van der Waals surface area contributed by atoms with Crippen LogP contribution >= 0.6 is 11.6 Å². The number of carbonyl (C=O) groups excluding carboxylic acids is 2. The van der Waals surface area contributed by atoms with Crippen LogP contribution in [-0.2, 0) is 19.5 Å². The molecule has 1 heterocycles. The van der Waals surface area contributed by atoms with Crippen molar-refractivity contribution in [3.8, 4) is 0 Å². The maximum Gasteiger partial charge on any atom is 0.322 e. The first-order valence-electron chi connectivity index (χ1n) is 9.84. The van der Waals surface area contributed by atoms with E-state index < -0.39 is 0 Å². The van der Waals surface area contributed by atoms with Crippen molar-refractivity contribution >= 4 is 29.2 Å². The first kappa shape index (κ1) is 20.0. The van der Waals surface area contributed by atoms with Gasteiger partial charge < -0.3 is 15.5 Å². The summed E-state index contributed by atoms with van der Waals surface area (Å²) in [5.41, 5.74) is 4.64. The maximum atomic E-state index is 12.5. The van der Waals surface area contributed by atoms with Gasteiger partial charge in [-0.3, -0.25) is 4.79 Å². The fourth-order valence-corrected chi connectivity index (χ4v) is 3.71. The quantitative estimate of drug-likeness (QED) is 0.620. The lowest BCUT2D eigenvalue weighted by molar-refractivity contribution is 0.0954. The monoisotopic (exact) mass is 419 g/mol. The number of carbonyl (C=O) groups is 2. The molecular weight excluding hydrogens is 398 g/mol. The normalized spacial score (nSPS) is 12.4. The van der Waals surface area contributed by atoms with Crippen LogP contribution in [0.3, 0.4) is 0 Å². The third kappa shape index (κ3) is 4.81. The van der Waals surface area contributed by atoms with Gasteiger partial charge in [0, 0.05) is 35.9 Å². The van der Waals surface area contributed by atoms with Gasteiger partial charge in [-0.05, 0) is 59.5 Å². The Morgan fingerprint density at radius 1 is 0.900 bits per heavy atom. The van der Waals surface area contributed by atoms with Crippen LogP contribution in [0.4, 0.5) is 10.5 Å². The standard InChI is InChI=1S/C24H22ClN3O2/c25-21-7-3-4-17(14-21)12-13-26-23(29)18-8-10-22(11-9-18)27-24(30)28-15-19-5-1-2-6-20(19)16-28/h1-11,14H,12-13,15-16H2,(H,26,29)(H,27,30). The number of amides is 3. The number of anilines is 1. The summed E-state index contributed by atoms with van der Waals surface area (Å²) in [6.07, 6.45) is 0.707. The van der Waals surface area contributed by atoms with Gasteiger partial charge in [-0.15, -0.1) is 0 Å². The summed E-state index contributed by atoms with van der Waals surface area (Å²) in [6, 6.07) is 22.4. The lowest BCUT2D eigenvalue weighted by Gasteiger charge is -2.16. The average Bonchev–Trinajstić information content (AvgIpc) is 3.19. The summed E-state index contributed by atoms with van der Waals surface area (Å²) in [5.74, 6) is -0.148. The van der Waals surface area contributed by atoms with E-state index in [9.17, 15) is 9.59 Å². The number of halogens is 1. The van der Waals surface area contributed by atoms with Crippen molar-refractivity contribution in [1.29, 1.82) is 0 Å². The van der Waals surface area contributed by atoms with E-state index in [1.54, 1.807) is 29.2 Å². The highest BCUT2D eigenvalue weighted by Gasteiger charge is 2.22. The molecule has 1 aliphatic heterocycles. The van der Waals surface area contributed by atoms with Crippen molar-refractivity contribution in [2.75, 3.05) is 11.9 Å². The molecule has 0 bridgehead atoms. The fourth-order valence-electron chi connectivity index (χ4n) is 3.50. The Bertz CT molecular complexity index is 1040. The number of nitrogens with one attached hydrogen (secondary N) is 2. The number of urea groups is 1. The molecule has 0 spiro atoms. The van der Waals surface area contributed by atoms with Crippen LogP contribution < -0.4 is 10.6 Å². The first-order chi connectivity index (χ1) is 14.6. The van der Waals surface area contributed by atoms with Gasteiger partial charge in [0.2, 0.25) is 0 Å².